The van der Waals surface area contributed by atoms with Crippen LogP contribution in [0.15, 0.2) is 23.1 Å². The number of nitrogens with zero attached hydrogens (tertiary/aromatic N) is 1. The Hall–Kier alpha value is -0.790. The first-order chi connectivity index (χ1) is 8.22. The van der Waals surface area contributed by atoms with E-state index in [0.717, 1.165) is 27.7 Å². The monoisotopic (exact) mass is 266 g/mol. The van der Waals surface area contributed by atoms with E-state index in [1.807, 2.05) is 36.2 Å². The molecule has 1 unspecified atom stereocenters. The Kier molecular flexibility index (Phi) is 6.31. The largest absolute Gasteiger partial charge is 0.381 e. The van der Waals surface area contributed by atoms with Crippen LogP contribution in [0, 0.1) is 11.3 Å². The van der Waals surface area contributed by atoms with Crippen LogP contribution >= 0.6 is 23.5 Å². The lowest BCUT2D eigenvalue weighted by Gasteiger charge is -2.16. The smallest absolute Gasteiger partial charge is 0.102 e. The van der Waals surface area contributed by atoms with Crippen molar-refractivity contribution in [3.05, 3.63) is 23.8 Å². The molecule has 0 saturated heterocycles. The number of anilines is 1. The fourth-order valence-electron chi connectivity index (χ4n) is 1.54. The van der Waals surface area contributed by atoms with Gasteiger partial charge in [-0.3, -0.25) is 0 Å². The Bertz CT molecular complexity index is 399. The standard InChI is InChI=1S/C13H18N2S2/c1-4-17-9-10(2)15-12-6-5-7-13(16-3)11(12)8-14/h5-7,10,15H,4,9H2,1-3H3. The van der Waals surface area contributed by atoms with Gasteiger partial charge in [0.2, 0.25) is 0 Å². The molecule has 0 radical (unpaired) electrons. The van der Waals surface area contributed by atoms with Gasteiger partial charge >= 0.3 is 0 Å². The van der Waals surface area contributed by atoms with E-state index in [1.54, 1.807) is 11.8 Å². The highest BCUT2D eigenvalue weighted by molar-refractivity contribution is 7.99. The van der Waals surface area contributed by atoms with Crippen molar-refractivity contribution < 1.29 is 0 Å². The highest BCUT2D eigenvalue weighted by Crippen LogP contribution is 2.26. The minimum absolute atomic E-state index is 0.379. The van der Waals surface area contributed by atoms with E-state index in [9.17, 15) is 5.26 Å². The number of hydrogen-bond acceptors (Lipinski definition) is 4. The number of rotatable bonds is 6. The summed E-state index contributed by atoms with van der Waals surface area (Å²) in [5.41, 5.74) is 1.71. The molecule has 4 heteroatoms. The summed E-state index contributed by atoms with van der Waals surface area (Å²) in [4.78, 5) is 1.04. The highest BCUT2D eigenvalue weighted by atomic mass is 32.2. The number of hydrogen-bond donors (Lipinski definition) is 1. The quantitative estimate of drug-likeness (QED) is 0.794. The summed E-state index contributed by atoms with van der Waals surface area (Å²) in [7, 11) is 0. The molecule has 0 amide bonds. The average Bonchev–Trinajstić information content (AvgIpc) is 2.35. The van der Waals surface area contributed by atoms with Crippen LogP contribution in [-0.4, -0.2) is 23.8 Å². The Morgan fingerprint density at radius 3 is 2.82 bits per heavy atom. The third-order valence-electron chi connectivity index (χ3n) is 2.33. The van der Waals surface area contributed by atoms with Crippen LogP contribution in [0.25, 0.3) is 0 Å². The minimum atomic E-state index is 0.379. The Morgan fingerprint density at radius 2 is 2.24 bits per heavy atom. The first-order valence-corrected chi connectivity index (χ1v) is 8.02. The van der Waals surface area contributed by atoms with E-state index < -0.39 is 0 Å². The van der Waals surface area contributed by atoms with Crippen LogP contribution < -0.4 is 5.32 Å². The number of benzene rings is 1. The molecule has 17 heavy (non-hydrogen) atoms. The van der Waals surface area contributed by atoms with Gasteiger partial charge in [0, 0.05) is 16.7 Å². The third kappa shape index (κ3) is 4.18. The fraction of sp³-hybridized carbons (Fsp3) is 0.462. The molecule has 0 aliphatic rings. The lowest BCUT2D eigenvalue weighted by molar-refractivity contribution is 0.911. The Balaban J connectivity index is 2.80. The molecule has 1 aromatic rings. The van der Waals surface area contributed by atoms with Crippen LogP contribution in [-0.2, 0) is 0 Å². The molecule has 0 bridgehead atoms. The van der Waals surface area contributed by atoms with Crippen LogP contribution in [0.4, 0.5) is 5.69 Å². The zero-order chi connectivity index (χ0) is 12.7. The van der Waals surface area contributed by atoms with Crippen LogP contribution in [0.2, 0.25) is 0 Å². The van der Waals surface area contributed by atoms with E-state index in [4.69, 9.17) is 0 Å². The van der Waals surface area contributed by atoms with E-state index in [1.165, 1.54) is 0 Å². The molecule has 1 rings (SSSR count). The normalized spacial score (nSPS) is 11.9. The molecule has 0 saturated carbocycles. The van der Waals surface area contributed by atoms with Gasteiger partial charge in [0.25, 0.3) is 0 Å². The zero-order valence-corrected chi connectivity index (χ0v) is 12.1. The van der Waals surface area contributed by atoms with Gasteiger partial charge in [0.05, 0.1) is 11.3 Å². The number of nitrogens with one attached hydrogen (secondary N) is 1. The zero-order valence-electron chi connectivity index (χ0n) is 10.5. The first-order valence-electron chi connectivity index (χ1n) is 5.64. The summed E-state index contributed by atoms with van der Waals surface area (Å²) in [6.07, 6.45) is 2.00. The van der Waals surface area contributed by atoms with Gasteiger partial charge in [-0.05, 0) is 31.1 Å². The molecule has 1 atom stereocenters. The van der Waals surface area contributed by atoms with E-state index >= 15 is 0 Å². The number of nitriles is 1. The highest BCUT2D eigenvalue weighted by Gasteiger charge is 2.09. The predicted molar refractivity (Wildman–Crippen MR) is 79.0 cm³/mol. The molecule has 0 aliphatic heterocycles. The Labute approximate surface area is 112 Å². The second-order valence-corrected chi connectivity index (χ2v) is 5.87. The van der Waals surface area contributed by atoms with Crippen LogP contribution in [0.1, 0.15) is 19.4 Å². The van der Waals surface area contributed by atoms with E-state index in [0.29, 0.717) is 6.04 Å². The summed E-state index contributed by atoms with van der Waals surface area (Å²) in [5, 5.41) is 12.6. The summed E-state index contributed by atoms with van der Waals surface area (Å²) in [6, 6.07) is 8.62. The Morgan fingerprint density at radius 1 is 1.47 bits per heavy atom. The summed E-state index contributed by atoms with van der Waals surface area (Å²) >= 11 is 3.52. The molecule has 1 N–H and O–H groups in total. The average molecular weight is 266 g/mol. The maximum absolute atomic E-state index is 9.21. The van der Waals surface area contributed by atoms with Gasteiger partial charge in [-0.1, -0.05) is 13.0 Å². The molecular weight excluding hydrogens is 248 g/mol. The molecule has 92 valence electrons. The summed E-state index contributed by atoms with van der Waals surface area (Å²) in [5.74, 6) is 2.19. The van der Waals surface area contributed by atoms with Gasteiger partial charge in [0.1, 0.15) is 6.07 Å². The van der Waals surface area contributed by atoms with Gasteiger partial charge in [-0.2, -0.15) is 17.0 Å². The van der Waals surface area contributed by atoms with Gasteiger partial charge < -0.3 is 5.32 Å². The topological polar surface area (TPSA) is 35.8 Å². The summed E-state index contributed by atoms with van der Waals surface area (Å²) < 4.78 is 0. The van der Waals surface area contributed by atoms with Gasteiger partial charge in [-0.25, -0.2) is 0 Å². The van der Waals surface area contributed by atoms with Crippen molar-refractivity contribution in [1.29, 1.82) is 5.26 Å². The van der Waals surface area contributed by atoms with E-state index in [2.05, 4.69) is 25.2 Å². The molecule has 0 fully saturated rings. The molecule has 0 heterocycles. The van der Waals surface area contributed by atoms with Crippen molar-refractivity contribution in [3.63, 3.8) is 0 Å². The van der Waals surface area contributed by atoms with Crippen LogP contribution in [0.3, 0.4) is 0 Å². The summed E-state index contributed by atoms with van der Waals surface area (Å²) in [6.45, 7) is 4.31. The maximum atomic E-state index is 9.21. The van der Waals surface area contributed by atoms with Crippen molar-refractivity contribution in [2.24, 2.45) is 0 Å². The molecule has 0 aromatic heterocycles. The third-order valence-corrected chi connectivity index (χ3v) is 4.26. The second kappa shape index (κ2) is 7.52. The van der Waals surface area contributed by atoms with Crippen molar-refractivity contribution in [1.82, 2.24) is 0 Å². The SMILES string of the molecule is CCSCC(C)Nc1cccc(SC)c1C#N. The molecule has 1 aromatic carbocycles. The fourth-order valence-corrected chi connectivity index (χ4v) is 2.79. The molecule has 0 spiro atoms. The van der Waals surface area contributed by atoms with Gasteiger partial charge in [0.15, 0.2) is 0 Å². The lowest BCUT2D eigenvalue weighted by atomic mass is 10.2. The number of thioether (sulfide) groups is 2. The second-order valence-electron chi connectivity index (χ2n) is 3.70. The lowest BCUT2D eigenvalue weighted by Crippen LogP contribution is -2.18. The minimum Gasteiger partial charge on any atom is -0.381 e. The molecule has 2 nitrogen and oxygen atoms in total. The van der Waals surface area contributed by atoms with Gasteiger partial charge in [-0.15, -0.1) is 11.8 Å². The van der Waals surface area contributed by atoms with Crippen molar-refractivity contribution >= 4 is 29.2 Å². The maximum Gasteiger partial charge on any atom is 0.102 e. The molecular formula is C13H18N2S2. The van der Waals surface area contributed by atoms with Crippen molar-refractivity contribution in [3.8, 4) is 6.07 Å². The first kappa shape index (κ1) is 14.3. The van der Waals surface area contributed by atoms with Crippen LogP contribution in [0.5, 0.6) is 0 Å². The predicted octanol–water partition coefficient (Wildman–Crippen LogP) is 3.83. The van der Waals surface area contributed by atoms with E-state index in [-0.39, 0.29) is 0 Å². The van der Waals surface area contributed by atoms with Crippen molar-refractivity contribution in [2.75, 3.05) is 23.1 Å². The molecule has 0 aliphatic carbocycles. The van der Waals surface area contributed by atoms with Crippen molar-refractivity contribution in [2.45, 2.75) is 24.8 Å².